The van der Waals surface area contributed by atoms with E-state index < -0.39 is 0 Å². The monoisotopic (exact) mass is 506 g/mol. The smallest absolute Gasteiger partial charge is 0.258 e. The number of halogens is 1. The van der Waals surface area contributed by atoms with E-state index in [1.165, 1.54) is 23.3 Å². The maximum atomic E-state index is 13.7. The molecule has 0 bridgehead atoms. The average Bonchev–Trinajstić information content (AvgIpc) is 3.08. The van der Waals surface area contributed by atoms with Gasteiger partial charge in [-0.1, -0.05) is 18.2 Å². The number of benzene rings is 3. The molecule has 0 unspecified atom stereocenters. The van der Waals surface area contributed by atoms with Gasteiger partial charge in [0.1, 0.15) is 5.82 Å². The van der Waals surface area contributed by atoms with Gasteiger partial charge in [0, 0.05) is 60.5 Å². The molecule has 5 aromatic rings. The second-order valence-electron chi connectivity index (χ2n) is 10.0. The van der Waals surface area contributed by atoms with Gasteiger partial charge in [0.05, 0.1) is 11.1 Å². The van der Waals surface area contributed by atoms with Crippen LogP contribution in [0.4, 0.5) is 15.8 Å². The Morgan fingerprint density at radius 3 is 2.39 bits per heavy atom. The van der Waals surface area contributed by atoms with Crippen LogP contribution >= 0.6 is 0 Å². The van der Waals surface area contributed by atoms with Crippen molar-refractivity contribution >= 4 is 38.6 Å². The highest BCUT2D eigenvalue weighted by molar-refractivity contribution is 6.14. The zero-order valence-electron chi connectivity index (χ0n) is 21.9. The molecule has 1 aliphatic heterocycles. The number of aromatic nitrogens is 2. The summed E-state index contributed by atoms with van der Waals surface area (Å²) in [6, 6.07) is 21.4. The van der Waals surface area contributed by atoms with Crippen LogP contribution in [-0.4, -0.2) is 29.7 Å². The summed E-state index contributed by atoms with van der Waals surface area (Å²) in [6.07, 6.45) is 4.29. The van der Waals surface area contributed by atoms with E-state index in [0.717, 1.165) is 70.5 Å². The van der Waals surface area contributed by atoms with Crippen molar-refractivity contribution in [2.24, 2.45) is 7.05 Å². The van der Waals surface area contributed by atoms with Crippen molar-refractivity contribution in [1.82, 2.24) is 9.55 Å². The number of anilines is 2. The summed E-state index contributed by atoms with van der Waals surface area (Å²) in [6.45, 7) is 3.80. The normalized spacial score (nSPS) is 14.1. The molecule has 2 aromatic heterocycles. The molecule has 1 aliphatic rings. The van der Waals surface area contributed by atoms with Crippen molar-refractivity contribution in [3.63, 3.8) is 0 Å². The largest absolute Gasteiger partial charge is 0.388 e. The Bertz CT molecular complexity index is 1740. The lowest BCUT2D eigenvalue weighted by Gasteiger charge is -2.23. The predicted molar refractivity (Wildman–Crippen MR) is 157 cm³/mol. The van der Waals surface area contributed by atoms with Crippen molar-refractivity contribution in [3.05, 3.63) is 100 Å². The molecule has 0 aliphatic carbocycles. The lowest BCUT2D eigenvalue weighted by molar-refractivity contribution is 0.628. The van der Waals surface area contributed by atoms with Gasteiger partial charge < -0.3 is 19.8 Å². The molecule has 0 atom stereocenters. The SMILES string of the molecule is CNc1ccc(C2=CCCN(c3ccc4[nH]c(=O)c5c(C)n(C)c(-c6ccc(F)cc6)c5c4c3)CC2)cc1. The lowest BCUT2D eigenvalue weighted by atomic mass is 10.0. The fraction of sp³-hybridized carbons (Fsp3) is 0.219. The van der Waals surface area contributed by atoms with E-state index in [2.05, 4.69) is 57.7 Å². The summed E-state index contributed by atoms with van der Waals surface area (Å²) < 4.78 is 15.8. The van der Waals surface area contributed by atoms with Crippen molar-refractivity contribution < 1.29 is 4.39 Å². The zero-order valence-corrected chi connectivity index (χ0v) is 21.9. The lowest BCUT2D eigenvalue weighted by Crippen LogP contribution is -2.24. The van der Waals surface area contributed by atoms with Crippen LogP contribution in [0.2, 0.25) is 0 Å². The van der Waals surface area contributed by atoms with E-state index in [4.69, 9.17) is 0 Å². The maximum absolute atomic E-state index is 13.7. The van der Waals surface area contributed by atoms with Crippen molar-refractivity contribution in [2.45, 2.75) is 19.8 Å². The number of H-pyrrole nitrogens is 1. The Morgan fingerprint density at radius 1 is 0.921 bits per heavy atom. The van der Waals surface area contributed by atoms with E-state index in [1.54, 1.807) is 12.1 Å². The van der Waals surface area contributed by atoms with Crippen LogP contribution in [0.15, 0.2) is 77.6 Å². The Hall–Kier alpha value is -4.32. The summed E-state index contributed by atoms with van der Waals surface area (Å²) in [5.74, 6) is -0.277. The van der Waals surface area contributed by atoms with Gasteiger partial charge in [-0.05, 0) is 91.1 Å². The molecule has 6 rings (SSSR count). The summed E-state index contributed by atoms with van der Waals surface area (Å²) in [5, 5.41) is 5.78. The Balaban J connectivity index is 1.41. The molecule has 3 aromatic carbocycles. The molecule has 192 valence electrons. The van der Waals surface area contributed by atoms with Crippen LogP contribution in [0.5, 0.6) is 0 Å². The Labute approximate surface area is 221 Å². The minimum absolute atomic E-state index is 0.102. The van der Waals surface area contributed by atoms with Gasteiger partial charge in [0.2, 0.25) is 0 Å². The molecule has 38 heavy (non-hydrogen) atoms. The van der Waals surface area contributed by atoms with E-state index in [0.29, 0.717) is 5.39 Å². The third kappa shape index (κ3) is 4.06. The molecule has 2 N–H and O–H groups in total. The third-order valence-electron chi connectivity index (χ3n) is 7.90. The number of aromatic amines is 1. The van der Waals surface area contributed by atoms with Crippen LogP contribution < -0.4 is 15.8 Å². The number of aryl methyl sites for hydroxylation is 1. The molecule has 6 heteroatoms. The van der Waals surface area contributed by atoms with Gasteiger partial charge in [-0.25, -0.2) is 4.39 Å². The highest BCUT2D eigenvalue weighted by atomic mass is 19.1. The molecular weight excluding hydrogens is 475 g/mol. The van der Waals surface area contributed by atoms with Crippen molar-refractivity contribution in [3.8, 4) is 11.3 Å². The van der Waals surface area contributed by atoms with Crippen LogP contribution in [0.3, 0.4) is 0 Å². The molecular formula is C32H31FN4O. The first-order valence-electron chi connectivity index (χ1n) is 13.1. The standard InChI is InChI=1S/C32H31FN4O/c1-20-29-30(31(36(20)3)23-6-10-24(33)11-7-23)27-19-26(14-15-28(27)35-32(29)38)37-17-4-5-21(16-18-37)22-8-12-25(34-2)13-9-22/h5-15,19,34H,4,16-18H2,1-3H3,(H,35,38). The topological polar surface area (TPSA) is 53.1 Å². The number of nitrogens with zero attached hydrogens (tertiary/aromatic N) is 2. The van der Waals surface area contributed by atoms with Gasteiger partial charge in [-0.3, -0.25) is 4.79 Å². The van der Waals surface area contributed by atoms with Gasteiger partial charge in [0.15, 0.2) is 0 Å². The molecule has 0 saturated carbocycles. The number of hydrogen-bond acceptors (Lipinski definition) is 3. The third-order valence-corrected chi connectivity index (χ3v) is 7.90. The van der Waals surface area contributed by atoms with Crippen LogP contribution in [0.25, 0.3) is 38.5 Å². The summed E-state index contributed by atoms with van der Waals surface area (Å²) in [4.78, 5) is 18.7. The highest BCUT2D eigenvalue weighted by Crippen LogP contribution is 2.37. The Morgan fingerprint density at radius 2 is 1.66 bits per heavy atom. The van der Waals surface area contributed by atoms with Gasteiger partial charge >= 0.3 is 0 Å². The molecule has 0 fully saturated rings. The summed E-state index contributed by atoms with van der Waals surface area (Å²) in [7, 11) is 3.90. The molecule has 0 amide bonds. The predicted octanol–water partition coefficient (Wildman–Crippen LogP) is 6.86. The first-order chi connectivity index (χ1) is 18.4. The average molecular weight is 507 g/mol. The van der Waals surface area contributed by atoms with Crippen molar-refractivity contribution in [2.75, 3.05) is 30.4 Å². The first-order valence-corrected chi connectivity index (χ1v) is 13.1. The van der Waals surface area contributed by atoms with E-state index in [1.807, 2.05) is 31.7 Å². The van der Waals surface area contributed by atoms with Gasteiger partial charge in [-0.2, -0.15) is 0 Å². The van der Waals surface area contributed by atoms with Gasteiger partial charge in [0.25, 0.3) is 5.56 Å². The molecule has 0 spiro atoms. The van der Waals surface area contributed by atoms with E-state index in [9.17, 15) is 9.18 Å². The second kappa shape index (κ2) is 9.53. The fourth-order valence-electron chi connectivity index (χ4n) is 5.75. The second-order valence-corrected chi connectivity index (χ2v) is 10.0. The van der Waals surface area contributed by atoms with E-state index in [-0.39, 0.29) is 11.4 Å². The van der Waals surface area contributed by atoms with Crippen molar-refractivity contribution in [1.29, 1.82) is 0 Å². The first kappa shape index (κ1) is 24.0. The van der Waals surface area contributed by atoms with E-state index >= 15 is 0 Å². The Kier molecular flexibility index (Phi) is 6.03. The molecule has 5 nitrogen and oxygen atoms in total. The fourth-order valence-corrected chi connectivity index (χ4v) is 5.75. The van der Waals surface area contributed by atoms with Crippen LogP contribution in [-0.2, 0) is 7.05 Å². The minimum Gasteiger partial charge on any atom is -0.388 e. The van der Waals surface area contributed by atoms with Gasteiger partial charge in [-0.15, -0.1) is 0 Å². The maximum Gasteiger partial charge on any atom is 0.258 e. The number of hydrogen-bond donors (Lipinski definition) is 2. The minimum atomic E-state index is -0.277. The number of fused-ring (bicyclic) bond motifs is 3. The number of nitrogens with one attached hydrogen (secondary N) is 2. The quantitative estimate of drug-likeness (QED) is 0.280. The number of pyridine rings is 1. The van der Waals surface area contributed by atoms with Crippen LogP contribution in [0.1, 0.15) is 24.1 Å². The van der Waals surface area contributed by atoms with Crippen LogP contribution in [0, 0.1) is 12.7 Å². The summed E-state index contributed by atoms with van der Waals surface area (Å²) in [5.41, 5.74) is 8.30. The highest BCUT2D eigenvalue weighted by Gasteiger charge is 2.21. The number of rotatable bonds is 4. The summed E-state index contributed by atoms with van der Waals surface area (Å²) >= 11 is 0. The molecule has 3 heterocycles. The zero-order chi connectivity index (χ0) is 26.4. The molecule has 0 saturated heterocycles. The molecule has 0 radical (unpaired) electrons.